The molecule has 0 aromatic heterocycles. The van der Waals surface area contributed by atoms with Gasteiger partial charge in [-0.3, -0.25) is 0 Å². The number of hydrogen-bond acceptors (Lipinski definition) is 4. The highest BCUT2D eigenvalue weighted by atomic mass is 32.2. The average Bonchev–Trinajstić information content (AvgIpc) is 2.24. The van der Waals surface area contributed by atoms with Crippen molar-refractivity contribution in [1.82, 2.24) is 0 Å². The van der Waals surface area contributed by atoms with Crippen LogP contribution < -0.4 is 16.2 Å². The molecule has 1 unspecified atom stereocenters. The maximum absolute atomic E-state index is 11.2. The Labute approximate surface area is 109 Å². The zero-order chi connectivity index (χ0) is 13.8. The van der Waals surface area contributed by atoms with Crippen LogP contribution in [0.25, 0.3) is 0 Å². The van der Waals surface area contributed by atoms with Crippen molar-refractivity contribution in [3.8, 4) is 0 Å². The van der Waals surface area contributed by atoms with Gasteiger partial charge >= 0.3 is 0 Å². The smallest absolute Gasteiger partial charge is 0.240 e. The van der Waals surface area contributed by atoms with Crippen LogP contribution in [0.4, 0.5) is 11.4 Å². The topological polar surface area (TPSA) is 98.2 Å². The van der Waals surface area contributed by atoms with E-state index < -0.39 is 10.0 Å². The third-order valence-corrected chi connectivity index (χ3v) is 3.70. The monoisotopic (exact) mass is 271 g/mol. The van der Waals surface area contributed by atoms with Crippen LogP contribution in [0.15, 0.2) is 23.1 Å². The Morgan fingerprint density at radius 1 is 1.39 bits per heavy atom. The van der Waals surface area contributed by atoms with Gasteiger partial charge in [0.1, 0.15) is 4.90 Å². The Bertz CT molecular complexity index is 500. The fraction of sp³-hybridized carbons (Fsp3) is 0.500. The summed E-state index contributed by atoms with van der Waals surface area (Å²) in [7, 11) is -3.75. The zero-order valence-corrected chi connectivity index (χ0v) is 11.6. The van der Waals surface area contributed by atoms with Crippen molar-refractivity contribution in [2.75, 3.05) is 11.1 Å². The van der Waals surface area contributed by atoms with Gasteiger partial charge in [0, 0.05) is 11.7 Å². The van der Waals surface area contributed by atoms with Crippen LogP contribution in [0.5, 0.6) is 0 Å². The van der Waals surface area contributed by atoms with Gasteiger partial charge < -0.3 is 11.1 Å². The molecule has 0 aliphatic heterocycles. The highest BCUT2D eigenvalue weighted by Gasteiger charge is 2.12. The lowest BCUT2D eigenvalue weighted by molar-refractivity contribution is 0.598. The molecule has 1 rings (SSSR count). The van der Waals surface area contributed by atoms with Crippen molar-refractivity contribution in [3.05, 3.63) is 18.2 Å². The Hall–Kier alpha value is -1.27. The van der Waals surface area contributed by atoms with Gasteiger partial charge in [0.05, 0.1) is 5.69 Å². The van der Waals surface area contributed by atoms with Gasteiger partial charge in [0.15, 0.2) is 0 Å². The highest BCUT2D eigenvalue weighted by Crippen LogP contribution is 2.22. The largest absolute Gasteiger partial charge is 0.398 e. The molecular weight excluding hydrogens is 250 g/mol. The van der Waals surface area contributed by atoms with Crippen LogP contribution in [0.2, 0.25) is 0 Å². The Morgan fingerprint density at radius 3 is 2.56 bits per heavy atom. The van der Waals surface area contributed by atoms with Gasteiger partial charge in [-0.05, 0) is 31.5 Å². The highest BCUT2D eigenvalue weighted by molar-refractivity contribution is 7.89. The number of sulfonamides is 1. The third kappa shape index (κ3) is 4.19. The van der Waals surface area contributed by atoms with Gasteiger partial charge in [0.2, 0.25) is 10.0 Å². The van der Waals surface area contributed by atoms with Crippen LogP contribution in [0.3, 0.4) is 0 Å². The Balaban J connectivity index is 2.79. The molecule has 18 heavy (non-hydrogen) atoms. The third-order valence-electron chi connectivity index (χ3n) is 2.72. The van der Waals surface area contributed by atoms with Crippen LogP contribution >= 0.6 is 0 Å². The molecule has 1 aromatic carbocycles. The average molecular weight is 271 g/mol. The van der Waals surface area contributed by atoms with E-state index in [1.165, 1.54) is 6.07 Å². The van der Waals surface area contributed by atoms with Crippen LogP contribution in [-0.2, 0) is 10.0 Å². The van der Waals surface area contributed by atoms with E-state index in [2.05, 4.69) is 19.2 Å². The second kappa shape index (κ2) is 6.06. The number of nitrogen functional groups attached to an aromatic ring is 1. The fourth-order valence-electron chi connectivity index (χ4n) is 1.76. The summed E-state index contributed by atoms with van der Waals surface area (Å²) in [5.74, 6) is 0. The molecule has 0 aliphatic rings. The van der Waals surface area contributed by atoms with Crippen LogP contribution in [-0.4, -0.2) is 14.5 Å². The molecule has 6 heteroatoms. The van der Waals surface area contributed by atoms with Crippen molar-refractivity contribution in [2.24, 2.45) is 5.14 Å². The second-order valence-corrected chi connectivity index (χ2v) is 6.02. The predicted molar refractivity (Wildman–Crippen MR) is 74.8 cm³/mol. The van der Waals surface area contributed by atoms with Crippen molar-refractivity contribution in [1.29, 1.82) is 0 Å². The van der Waals surface area contributed by atoms with E-state index in [-0.39, 0.29) is 10.6 Å². The van der Waals surface area contributed by atoms with Crippen LogP contribution in [0.1, 0.15) is 33.1 Å². The standard InChI is InChI=1S/C12H21N3O2S/c1-3-4-5-9(2)15-10-6-7-12(11(13)8-10)18(14,16)17/h6-9,15H,3-5,13H2,1-2H3,(H2,14,16,17). The first kappa shape index (κ1) is 14.8. The molecule has 0 fully saturated rings. The molecule has 1 aromatic rings. The minimum atomic E-state index is -3.75. The minimum Gasteiger partial charge on any atom is -0.398 e. The molecule has 0 bridgehead atoms. The number of nitrogens with two attached hydrogens (primary N) is 2. The molecule has 0 amide bonds. The number of primary sulfonamides is 1. The number of hydrogen-bond donors (Lipinski definition) is 3. The normalized spacial score (nSPS) is 13.3. The summed E-state index contributed by atoms with van der Waals surface area (Å²) in [5, 5.41) is 8.33. The summed E-state index contributed by atoms with van der Waals surface area (Å²) >= 11 is 0. The summed E-state index contributed by atoms with van der Waals surface area (Å²) in [5.41, 5.74) is 6.66. The quantitative estimate of drug-likeness (QED) is 0.688. The van der Waals surface area contributed by atoms with E-state index >= 15 is 0 Å². The summed E-state index contributed by atoms with van der Waals surface area (Å²) in [6.45, 7) is 4.23. The Kier molecular flexibility index (Phi) is 4.98. The van der Waals surface area contributed by atoms with Gasteiger partial charge in [-0.15, -0.1) is 0 Å². The molecule has 0 saturated carbocycles. The summed E-state index contributed by atoms with van der Waals surface area (Å²) in [6.07, 6.45) is 3.37. The molecule has 1 atom stereocenters. The van der Waals surface area contributed by atoms with E-state index in [1.807, 2.05) is 0 Å². The van der Waals surface area contributed by atoms with Gasteiger partial charge in [0.25, 0.3) is 0 Å². The maximum Gasteiger partial charge on any atom is 0.240 e. The lowest BCUT2D eigenvalue weighted by atomic mass is 10.1. The molecule has 102 valence electrons. The predicted octanol–water partition coefficient (Wildman–Crippen LogP) is 1.91. The molecular formula is C12H21N3O2S. The molecule has 5 nitrogen and oxygen atoms in total. The molecule has 0 spiro atoms. The molecule has 0 aliphatic carbocycles. The van der Waals surface area contributed by atoms with E-state index in [9.17, 15) is 8.42 Å². The SMILES string of the molecule is CCCCC(C)Nc1ccc(S(N)(=O)=O)c(N)c1. The van der Waals surface area contributed by atoms with E-state index in [0.29, 0.717) is 6.04 Å². The lowest BCUT2D eigenvalue weighted by Crippen LogP contribution is -2.17. The number of rotatable bonds is 6. The fourth-order valence-corrected chi connectivity index (χ4v) is 2.41. The number of unbranched alkanes of at least 4 members (excludes halogenated alkanes) is 1. The first-order chi connectivity index (χ1) is 8.34. The minimum absolute atomic E-state index is 0.0331. The summed E-state index contributed by atoms with van der Waals surface area (Å²) < 4.78 is 22.4. The Morgan fingerprint density at radius 2 is 2.06 bits per heavy atom. The van der Waals surface area contributed by atoms with Crippen LogP contribution in [0, 0.1) is 0 Å². The molecule has 5 N–H and O–H groups in total. The van der Waals surface area contributed by atoms with Crippen molar-refractivity contribution in [3.63, 3.8) is 0 Å². The summed E-state index contributed by atoms with van der Waals surface area (Å²) in [6, 6.07) is 5.03. The van der Waals surface area contributed by atoms with Crippen molar-refractivity contribution < 1.29 is 8.42 Å². The maximum atomic E-state index is 11.2. The first-order valence-corrected chi connectivity index (χ1v) is 7.58. The number of anilines is 2. The first-order valence-electron chi connectivity index (χ1n) is 6.03. The van der Waals surface area contributed by atoms with Gasteiger partial charge in [-0.1, -0.05) is 19.8 Å². The van der Waals surface area contributed by atoms with E-state index in [0.717, 1.165) is 24.9 Å². The molecule has 0 saturated heterocycles. The zero-order valence-electron chi connectivity index (χ0n) is 10.8. The van der Waals surface area contributed by atoms with E-state index in [4.69, 9.17) is 10.9 Å². The van der Waals surface area contributed by atoms with Crippen molar-refractivity contribution in [2.45, 2.75) is 44.0 Å². The second-order valence-electron chi connectivity index (χ2n) is 4.49. The van der Waals surface area contributed by atoms with Gasteiger partial charge in [-0.2, -0.15) is 0 Å². The van der Waals surface area contributed by atoms with Gasteiger partial charge in [-0.25, -0.2) is 13.6 Å². The van der Waals surface area contributed by atoms with E-state index in [1.54, 1.807) is 12.1 Å². The number of benzene rings is 1. The molecule has 0 radical (unpaired) electrons. The lowest BCUT2D eigenvalue weighted by Gasteiger charge is -2.15. The number of nitrogens with one attached hydrogen (secondary N) is 1. The van der Waals surface area contributed by atoms with Crippen molar-refractivity contribution >= 4 is 21.4 Å². The molecule has 0 heterocycles. The summed E-state index contributed by atoms with van der Waals surface area (Å²) in [4.78, 5) is -0.0331.